The van der Waals surface area contributed by atoms with Gasteiger partial charge in [0, 0.05) is 36.0 Å². The van der Waals surface area contributed by atoms with Gasteiger partial charge in [-0.1, -0.05) is 31.5 Å². The van der Waals surface area contributed by atoms with Crippen LogP contribution in [-0.4, -0.2) is 44.2 Å². The van der Waals surface area contributed by atoms with Gasteiger partial charge in [0.15, 0.2) is 0 Å². The van der Waals surface area contributed by atoms with Gasteiger partial charge in [-0.3, -0.25) is 9.59 Å². The molecule has 2 aromatic carbocycles. The van der Waals surface area contributed by atoms with Gasteiger partial charge in [0.05, 0.1) is 16.9 Å². The normalized spacial score (nSPS) is 32.2. The fourth-order valence-electron chi connectivity index (χ4n) is 7.90. The first-order valence-corrected chi connectivity index (χ1v) is 18.5. The minimum atomic E-state index is -3.93. The Hall–Kier alpha value is -2.78. The molecule has 0 aromatic heterocycles. The summed E-state index contributed by atoms with van der Waals surface area (Å²) in [7, 11) is -3.93. The Morgan fingerprint density at radius 2 is 1.80 bits per heavy atom. The molecule has 0 unspecified atom stereocenters. The van der Waals surface area contributed by atoms with E-state index in [0.717, 1.165) is 69.3 Å². The van der Waals surface area contributed by atoms with Gasteiger partial charge < -0.3 is 14.4 Å². The van der Waals surface area contributed by atoms with Crippen molar-refractivity contribution in [2.75, 3.05) is 18.0 Å². The Labute approximate surface area is 272 Å². The first-order valence-electron chi connectivity index (χ1n) is 16.5. The third-order valence-electron chi connectivity index (χ3n) is 10.9. The summed E-state index contributed by atoms with van der Waals surface area (Å²) in [6.07, 6.45) is 7.65. The van der Waals surface area contributed by atoms with E-state index in [9.17, 15) is 18.0 Å². The summed E-state index contributed by atoms with van der Waals surface area (Å²) in [5, 5.41) is -0.0589. The third-order valence-corrected chi connectivity index (χ3v) is 13.1. The highest BCUT2D eigenvalue weighted by molar-refractivity contribution is 7.90. The molecule has 244 valence electrons. The Bertz CT molecular complexity index is 1560. The minimum Gasteiger partial charge on any atom is -0.487 e. The molecule has 3 heterocycles. The van der Waals surface area contributed by atoms with E-state index >= 15 is 0 Å². The zero-order chi connectivity index (χ0) is 31.9. The largest absolute Gasteiger partial charge is 0.487 e. The van der Waals surface area contributed by atoms with Crippen LogP contribution in [0.1, 0.15) is 93.6 Å². The fraction of sp³-hybridized carbons (Fsp3) is 0.600. The van der Waals surface area contributed by atoms with E-state index in [1.165, 1.54) is 5.56 Å². The summed E-state index contributed by atoms with van der Waals surface area (Å²) >= 11 is 6.34. The van der Waals surface area contributed by atoms with E-state index in [1.807, 2.05) is 32.0 Å². The van der Waals surface area contributed by atoms with Crippen molar-refractivity contribution in [3.05, 3.63) is 58.1 Å². The fourth-order valence-corrected chi connectivity index (χ4v) is 9.40. The number of fused-ring (bicyclic) bond motifs is 4. The number of sulfonamides is 1. The van der Waals surface area contributed by atoms with E-state index in [0.29, 0.717) is 36.1 Å². The third kappa shape index (κ3) is 6.57. The molecule has 10 heteroatoms. The van der Waals surface area contributed by atoms with Gasteiger partial charge in [-0.25, -0.2) is 13.1 Å². The summed E-state index contributed by atoms with van der Waals surface area (Å²) in [6, 6.07) is 11.1. The van der Waals surface area contributed by atoms with Crippen molar-refractivity contribution in [3.63, 3.8) is 0 Å². The molecule has 2 bridgehead atoms. The number of esters is 1. The number of nitrogens with zero attached hydrogens (tertiary/aromatic N) is 1. The number of aryl methyl sites for hydroxylation is 1. The predicted octanol–water partition coefficient (Wildman–Crippen LogP) is 6.68. The standard InChI is InChI=1S/C35H45ClN2O6S/c1-22-7-6-15-35(19-23(2)34(40)44-35)30-13-10-27(30)20-38-16-5-4-8-25-17-29(36)12-9-28(25)21-43-32-14-11-26(18-31(32)38)33(39)37-45(41,42)24(22)3/h9,11-12,14,17-18,22-24,27,30H,4-8,10,13,15-16,19-21H2,1-3H3,(H,37,39)/t22-,23-,24+,27-,30+,35+/m0/s1. The number of halogens is 1. The molecule has 1 saturated heterocycles. The number of carbonyl (C=O) groups excluding carboxylic acids is 2. The maximum absolute atomic E-state index is 13.4. The summed E-state index contributed by atoms with van der Waals surface area (Å²) in [4.78, 5) is 28.6. The lowest BCUT2D eigenvalue weighted by atomic mass is 9.61. The number of carbonyl (C=O) groups is 2. The SMILES string of the molecule is C[C@@H]1[C@@H](C)CCC[C@@]2(C[C@H](C)C(=O)O2)[C@@H]2CC[C@H]2CN2CCCCc3cc(Cl)ccc3COc3ccc(cc32)C(=O)NS1(=O)=O. The van der Waals surface area contributed by atoms with Crippen LogP contribution in [0, 0.1) is 23.7 Å². The van der Waals surface area contributed by atoms with Crippen LogP contribution >= 0.6 is 11.6 Å². The number of ether oxygens (including phenoxy) is 2. The van der Waals surface area contributed by atoms with Crippen LogP contribution in [0.2, 0.25) is 5.02 Å². The lowest BCUT2D eigenvalue weighted by Gasteiger charge is -2.49. The summed E-state index contributed by atoms with van der Waals surface area (Å²) in [5.74, 6) is 0.113. The lowest BCUT2D eigenvalue weighted by Crippen LogP contribution is -2.51. The first kappa shape index (κ1) is 32.2. The molecule has 1 saturated carbocycles. The van der Waals surface area contributed by atoms with Gasteiger partial charge in [-0.15, -0.1) is 0 Å². The average Bonchev–Trinajstić information content (AvgIpc) is 3.25. The summed E-state index contributed by atoms with van der Waals surface area (Å²) < 4.78 is 41.8. The molecule has 1 N–H and O–H groups in total. The quantitative estimate of drug-likeness (QED) is 0.316. The average molecular weight is 657 g/mol. The number of anilines is 1. The molecule has 6 rings (SSSR count). The van der Waals surface area contributed by atoms with Crippen molar-refractivity contribution in [3.8, 4) is 5.75 Å². The lowest BCUT2D eigenvalue weighted by molar-refractivity contribution is -0.162. The number of amides is 1. The molecule has 1 spiro atoms. The van der Waals surface area contributed by atoms with E-state index in [1.54, 1.807) is 25.1 Å². The zero-order valence-electron chi connectivity index (χ0n) is 26.5. The number of hydrogen-bond acceptors (Lipinski definition) is 7. The molecule has 8 nitrogen and oxygen atoms in total. The van der Waals surface area contributed by atoms with Crippen LogP contribution in [-0.2, 0) is 32.6 Å². The molecule has 6 atom stereocenters. The van der Waals surface area contributed by atoms with E-state index in [2.05, 4.69) is 9.62 Å². The molecule has 2 fully saturated rings. The second-order valence-electron chi connectivity index (χ2n) is 13.9. The summed E-state index contributed by atoms with van der Waals surface area (Å²) in [6.45, 7) is 7.38. The number of rotatable bonds is 0. The monoisotopic (exact) mass is 656 g/mol. The summed E-state index contributed by atoms with van der Waals surface area (Å²) in [5.41, 5.74) is 2.78. The number of hydrogen-bond donors (Lipinski definition) is 1. The number of nitrogens with one attached hydrogen (secondary N) is 1. The molecule has 1 amide bonds. The maximum Gasteiger partial charge on any atom is 0.309 e. The smallest absolute Gasteiger partial charge is 0.309 e. The Balaban J connectivity index is 1.40. The molecule has 1 aliphatic carbocycles. The van der Waals surface area contributed by atoms with Crippen LogP contribution in [0.15, 0.2) is 36.4 Å². The highest BCUT2D eigenvalue weighted by Gasteiger charge is 2.55. The van der Waals surface area contributed by atoms with E-state index in [-0.39, 0.29) is 29.3 Å². The van der Waals surface area contributed by atoms with Crippen molar-refractivity contribution in [1.82, 2.24) is 4.72 Å². The Morgan fingerprint density at radius 3 is 2.53 bits per heavy atom. The number of benzene rings is 2. The van der Waals surface area contributed by atoms with Crippen LogP contribution < -0.4 is 14.4 Å². The molecule has 45 heavy (non-hydrogen) atoms. The van der Waals surface area contributed by atoms with Gasteiger partial charge in [0.1, 0.15) is 18.0 Å². The molecule has 0 radical (unpaired) electrons. The highest BCUT2D eigenvalue weighted by atomic mass is 35.5. The van der Waals surface area contributed by atoms with Crippen LogP contribution in [0.25, 0.3) is 0 Å². The van der Waals surface area contributed by atoms with Gasteiger partial charge >= 0.3 is 5.97 Å². The molecular weight excluding hydrogens is 612 g/mol. The maximum atomic E-state index is 13.4. The van der Waals surface area contributed by atoms with Crippen molar-refractivity contribution in [2.45, 2.75) is 96.0 Å². The van der Waals surface area contributed by atoms with Crippen LogP contribution in [0.3, 0.4) is 0 Å². The van der Waals surface area contributed by atoms with Gasteiger partial charge in [0.2, 0.25) is 10.0 Å². The molecule has 3 aliphatic heterocycles. The minimum absolute atomic E-state index is 0.125. The Kier molecular flexibility index (Phi) is 9.14. The van der Waals surface area contributed by atoms with Gasteiger partial charge in [-0.05, 0) is 112 Å². The second-order valence-corrected chi connectivity index (χ2v) is 16.3. The Morgan fingerprint density at radius 1 is 0.978 bits per heavy atom. The van der Waals surface area contributed by atoms with Crippen molar-refractivity contribution in [2.24, 2.45) is 23.7 Å². The second kappa shape index (κ2) is 12.8. The van der Waals surface area contributed by atoms with Crippen molar-refractivity contribution < 1.29 is 27.5 Å². The van der Waals surface area contributed by atoms with Gasteiger partial charge in [0.25, 0.3) is 5.91 Å². The van der Waals surface area contributed by atoms with Crippen molar-refractivity contribution >= 4 is 39.2 Å². The van der Waals surface area contributed by atoms with Crippen LogP contribution in [0.4, 0.5) is 5.69 Å². The molecule has 4 aliphatic rings. The first-order chi connectivity index (χ1) is 21.5. The van der Waals surface area contributed by atoms with Crippen molar-refractivity contribution in [1.29, 1.82) is 0 Å². The van der Waals surface area contributed by atoms with Gasteiger partial charge in [-0.2, -0.15) is 0 Å². The van der Waals surface area contributed by atoms with Crippen LogP contribution in [0.5, 0.6) is 5.75 Å². The molecule has 2 aromatic rings. The zero-order valence-corrected chi connectivity index (χ0v) is 28.1. The topological polar surface area (TPSA) is 102 Å². The van der Waals surface area contributed by atoms with E-state index in [4.69, 9.17) is 21.1 Å². The predicted molar refractivity (Wildman–Crippen MR) is 175 cm³/mol. The highest BCUT2D eigenvalue weighted by Crippen LogP contribution is 2.52. The molecular formula is C35H45ClN2O6S. The van der Waals surface area contributed by atoms with E-state index < -0.39 is 26.8 Å².